The Balaban J connectivity index is 2.13. The lowest BCUT2D eigenvalue weighted by molar-refractivity contribution is 0.588. The molecule has 0 aliphatic rings. The van der Waals surface area contributed by atoms with E-state index in [1.807, 2.05) is 21.5 Å². The molecule has 0 atom stereocenters. The van der Waals surface area contributed by atoms with Gasteiger partial charge in [-0.3, -0.25) is 4.57 Å². The lowest BCUT2D eigenvalue weighted by atomic mass is 10.1. The van der Waals surface area contributed by atoms with Crippen molar-refractivity contribution in [3.63, 3.8) is 0 Å². The molecule has 0 amide bonds. The Hall–Kier alpha value is -3.04. The highest BCUT2D eigenvalue weighted by molar-refractivity contribution is 7.89. The van der Waals surface area contributed by atoms with Crippen LogP contribution in [-0.4, -0.2) is 24.6 Å². The van der Waals surface area contributed by atoms with Gasteiger partial charge in [-0.1, -0.05) is 48.3 Å². The van der Waals surface area contributed by atoms with Crippen LogP contribution in [-0.2, 0) is 16.6 Å². The molecule has 170 valence electrons. The highest BCUT2D eigenvalue weighted by atomic mass is 32.2. The maximum absolute atomic E-state index is 12.3. The van der Waals surface area contributed by atoms with E-state index >= 15 is 0 Å². The van der Waals surface area contributed by atoms with Gasteiger partial charge in [0.15, 0.2) is 0 Å². The molecule has 3 aromatic rings. The van der Waals surface area contributed by atoms with E-state index in [9.17, 15) is 8.42 Å². The summed E-state index contributed by atoms with van der Waals surface area (Å²) in [6.45, 7) is 9.18. The average molecular weight is 455 g/mol. The number of nitrogens with zero attached hydrogens (tertiary/aromatic N) is 5. The van der Waals surface area contributed by atoms with E-state index < -0.39 is 10.0 Å². The van der Waals surface area contributed by atoms with Crippen LogP contribution in [0.15, 0.2) is 69.1 Å². The van der Waals surface area contributed by atoms with Crippen LogP contribution in [0.25, 0.3) is 5.69 Å². The smallest absolute Gasteiger partial charge is 0.242 e. The molecule has 1 N–H and O–H groups in total. The first-order valence-electron chi connectivity index (χ1n) is 10.6. The predicted octanol–water partition coefficient (Wildman–Crippen LogP) is 4.51. The van der Waals surface area contributed by atoms with Crippen LogP contribution in [0.1, 0.15) is 36.5 Å². The minimum atomic E-state index is -3.66. The Bertz CT molecular complexity index is 1280. The molecule has 1 heterocycles. The number of aryl methyl sites for hydroxylation is 4. The predicted molar refractivity (Wildman–Crippen MR) is 126 cm³/mol. The molecule has 0 saturated carbocycles. The molecule has 9 heteroatoms. The van der Waals surface area contributed by atoms with Crippen LogP contribution in [0, 0.1) is 20.8 Å². The SMILES string of the molecule is CCCCn1ccn(-c2c(C)cc(C)cc2C)/c1=N\N=Nc1ccccc1S(=O)(=O)NC. The van der Waals surface area contributed by atoms with Gasteiger partial charge in [-0.15, -0.1) is 5.11 Å². The zero-order valence-electron chi connectivity index (χ0n) is 19.2. The van der Waals surface area contributed by atoms with Crippen molar-refractivity contribution in [1.29, 1.82) is 0 Å². The van der Waals surface area contributed by atoms with Crippen molar-refractivity contribution in [3.05, 3.63) is 71.1 Å². The second-order valence-electron chi connectivity index (χ2n) is 7.73. The summed E-state index contributed by atoms with van der Waals surface area (Å²) in [5.74, 6) is 0. The van der Waals surface area contributed by atoms with Gasteiger partial charge in [0, 0.05) is 18.9 Å². The number of rotatable bonds is 8. The Kier molecular flexibility index (Phi) is 7.42. The number of sulfonamides is 1. The van der Waals surface area contributed by atoms with Gasteiger partial charge in [0.25, 0.3) is 0 Å². The number of hydrogen-bond acceptors (Lipinski definition) is 4. The number of nitrogens with one attached hydrogen (secondary N) is 1. The van der Waals surface area contributed by atoms with Crippen molar-refractivity contribution in [1.82, 2.24) is 13.9 Å². The van der Waals surface area contributed by atoms with Crippen molar-refractivity contribution in [2.45, 2.75) is 52.0 Å². The fourth-order valence-electron chi connectivity index (χ4n) is 3.74. The molecular weight excluding hydrogens is 424 g/mol. The van der Waals surface area contributed by atoms with Gasteiger partial charge in [-0.25, -0.2) is 13.1 Å². The summed E-state index contributed by atoms with van der Waals surface area (Å²) in [7, 11) is -2.29. The minimum Gasteiger partial charge on any atom is -0.315 e. The molecule has 0 fully saturated rings. The lowest BCUT2D eigenvalue weighted by Gasteiger charge is -2.12. The normalized spacial score (nSPS) is 12.7. The zero-order valence-corrected chi connectivity index (χ0v) is 20.0. The molecule has 0 aliphatic heterocycles. The van der Waals surface area contributed by atoms with Crippen LogP contribution in [0.2, 0.25) is 0 Å². The quantitative estimate of drug-likeness (QED) is 0.400. The van der Waals surface area contributed by atoms with Crippen LogP contribution in [0.3, 0.4) is 0 Å². The van der Waals surface area contributed by atoms with E-state index in [1.165, 1.54) is 18.7 Å². The summed E-state index contributed by atoms with van der Waals surface area (Å²) in [5.41, 5.74) is 5.39. The summed E-state index contributed by atoms with van der Waals surface area (Å²) in [6, 6.07) is 10.7. The summed E-state index contributed by atoms with van der Waals surface area (Å²) in [4.78, 5) is 0.0564. The molecular formula is C23H30N6O2S. The van der Waals surface area contributed by atoms with Gasteiger partial charge >= 0.3 is 0 Å². The first-order chi connectivity index (χ1) is 15.3. The molecule has 32 heavy (non-hydrogen) atoms. The monoisotopic (exact) mass is 454 g/mol. The van der Waals surface area contributed by atoms with Crippen LogP contribution < -0.4 is 10.3 Å². The molecule has 3 rings (SSSR count). The zero-order chi connectivity index (χ0) is 23.3. The second-order valence-corrected chi connectivity index (χ2v) is 9.58. The minimum absolute atomic E-state index is 0.0564. The number of imidazole rings is 1. The topological polar surface area (TPSA) is 93.1 Å². The molecule has 0 spiro atoms. The van der Waals surface area contributed by atoms with Crippen LogP contribution in [0.5, 0.6) is 0 Å². The van der Waals surface area contributed by atoms with E-state index in [4.69, 9.17) is 0 Å². The molecule has 0 aliphatic carbocycles. The summed E-state index contributed by atoms with van der Waals surface area (Å²) in [6.07, 6.45) is 6.02. The van der Waals surface area contributed by atoms with Crippen molar-refractivity contribution < 1.29 is 8.42 Å². The first-order valence-corrected chi connectivity index (χ1v) is 12.1. The molecule has 0 bridgehead atoms. The Morgan fingerprint density at radius 3 is 2.38 bits per heavy atom. The van der Waals surface area contributed by atoms with Crippen LogP contribution in [0.4, 0.5) is 5.69 Å². The van der Waals surface area contributed by atoms with E-state index in [0.717, 1.165) is 36.2 Å². The van der Waals surface area contributed by atoms with Gasteiger partial charge in [-0.05, 0) is 62.7 Å². The summed E-state index contributed by atoms with van der Waals surface area (Å²) >= 11 is 0. The average Bonchev–Trinajstić information content (AvgIpc) is 3.14. The maximum atomic E-state index is 12.3. The fourth-order valence-corrected chi connectivity index (χ4v) is 4.60. The molecule has 0 radical (unpaired) electrons. The first kappa shape index (κ1) is 23.6. The third-order valence-electron chi connectivity index (χ3n) is 5.21. The second kappa shape index (κ2) is 10.1. The third-order valence-corrected chi connectivity index (χ3v) is 6.67. The third kappa shape index (κ3) is 5.05. The standard InChI is InChI=1S/C23H30N6O2S/c1-6-7-12-28-13-14-29(22-18(3)15-17(2)16-19(22)4)23(28)26-27-25-20-10-8-9-11-21(20)32(30,31)24-5/h8-11,13-16,24H,6-7,12H2,1-5H3/b26-23-,27-25?. The molecule has 2 aromatic carbocycles. The summed E-state index contributed by atoms with van der Waals surface area (Å²) in [5, 5.41) is 12.6. The molecule has 0 saturated heterocycles. The Morgan fingerprint density at radius 2 is 1.72 bits per heavy atom. The maximum Gasteiger partial charge on any atom is 0.242 e. The Morgan fingerprint density at radius 1 is 1.03 bits per heavy atom. The Labute approximate surface area is 189 Å². The number of aromatic nitrogens is 2. The van der Waals surface area contributed by atoms with Crippen molar-refractivity contribution >= 4 is 15.7 Å². The van der Waals surface area contributed by atoms with E-state index in [1.54, 1.807) is 18.2 Å². The van der Waals surface area contributed by atoms with Crippen LogP contribution >= 0.6 is 0 Å². The fraction of sp³-hybridized carbons (Fsp3) is 0.348. The number of unbranched alkanes of at least 4 members (excludes halogenated alkanes) is 1. The molecule has 0 unspecified atom stereocenters. The summed E-state index contributed by atoms with van der Waals surface area (Å²) < 4.78 is 30.9. The van der Waals surface area contributed by atoms with E-state index in [0.29, 0.717) is 5.62 Å². The van der Waals surface area contributed by atoms with Gasteiger partial charge in [0.2, 0.25) is 15.6 Å². The highest BCUT2D eigenvalue weighted by Gasteiger charge is 2.16. The molecule has 1 aromatic heterocycles. The lowest BCUT2D eigenvalue weighted by Crippen LogP contribution is -2.25. The highest BCUT2D eigenvalue weighted by Crippen LogP contribution is 2.24. The number of hydrogen-bond donors (Lipinski definition) is 1. The van der Waals surface area contributed by atoms with Gasteiger partial charge in [-0.2, -0.15) is 0 Å². The largest absolute Gasteiger partial charge is 0.315 e. The van der Waals surface area contributed by atoms with Crippen molar-refractivity contribution in [3.8, 4) is 5.69 Å². The van der Waals surface area contributed by atoms with Gasteiger partial charge < -0.3 is 4.57 Å². The number of benzene rings is 2. The van der Waals surface area contributed by atoms with E-state index in [2.05, 4.69) is 60.0 Å². The van der Waals surface area contributed by atoms with Crippen molar-refractivity contribution in [2.24, 2.45) is 15.4 Å². The van der Waals surface area contributed by atoms with Gasteiger partial charge in [0.1, 0.15) is 10.6 Å². The molecule has 8 nitrogen and oxygen atoms in total. The van der Waals surface area contributed by atoms with E-state index in [-0.39, 0.29) is 10.6 Å². The van der Waals surface area contributed by atoms with Gasteiger partial charge in [0.05, 0.1) is 5.69 Å². The van der Waals surface area contributed by atoms with Crippen molar-refractivity contribution in [2.75, 3.05) is 7.05 Å².